The molecule has 0 fully saturated rings. The monoisotopic (exact) mass is 453 g/mol. The summed E-state index contributed by atoms with van der Waals surface area (Å²) < 4.78 is 11.3. The van der Waals surface area contributed by atoms with Crippen LogP contribution in [0.15, 0.2) is 45.9 Å². The van der Waals surface area contributed by atoms with Gasteiger partial charge in [-0.05, 0) is 45.4 Å². The SMILES string of the molecule is CCc1[nH]c2ccccc2c1C1=NC(C)Nc2[nH]c3cc(-c4c(C)noc4C)c(OC)cc3c21. The third-order valence-corrected chi connectivity index (χ3v) is 6.71. The molecule has 172 valence electrons. The summed E-state index contributed by atoms with van der Waals surface area (Å²) >= 11 is 0. The number of hydrogen-bond acceptors (Lipinski definition) is 5. The molecule has 7 nitrogen and oxygen atoms in total. The Balaban J connectivity index is 1.64. The van der Waals surface area contributed by atoms with E-state index in [9.17, 15) is 0 Å². The molecule has 34 heavy (non-hydrogen) atoms. The van der Waals surface area contributed by atoms with Gasteiger partial charge in [0.1, 0.15) is 23.5 Å². The zero-order valence-corrected chi connectivity index (χ0v) is 20.0. The summed E-state index contributed by atoms with van der Waals surface area (Å²) in [5, 5.41) is 9.91. The number of aryl methyl sites for hydroxylation is 3. The van der Waals surface area contributed by atoms with Gasteiger partial charge >= 0.3 is 0 Å². The number of benzene rings is 2. The number of fused-ring (bicyclic) bond motifs is 4. The number of H-pyrrole nitrogens is 2. The Hall–Kier alpha value is -4.00. The predicted molar refractivity (Wildman–Crippen MR) is 136 cm³/mol. The van der Waals surface area contributed by atoms with E-state index in [0.717, 1.165) is 68.3 Å². The van der Waals surface area contributed by atoms with Crippen LogP contribution in [0, 0.1) is 13.8 Å². The molecule has 3 N–H and O–H groups in total. The van der Waals surface area contributed by atoms with Crippen molar-refractivity contribution in [2.45, 2.75) is 40.3 Å². The largest absolute Gasteiger partial charge is 0.496 e. The van der Waals surface area contributed by atoms with Gasteiger partial charge in [-0.25, -0.2) is 0 Å². The van der Waals surface area contributed by atoms with E-state index < -0.39 is 0 Å². The van der Waals surface area contributed by atoms with Crippen molar-refractivity contribution in [1.82, 2.24) is 15.1 Å². The first-order valence-corrected chi connectivity index (χ1v) is 11.6. The number of para-hydroxylation sites is 1. The van der Waals surface area contributed by atoms with Crippen LogP contribution in [-0.2, 0) is 6.42 Å². The van der Waals surface area contributed by atoms with Crippen LogP contribution in [0.25, 0.3) is 32.9 Å². The van der Waals surface area contributed by atoms with Crippen molar-refractivity contribution >= 4 is 33.3 Å². The van der Waals surface area contributed by atoms with E-state index in [1.807, 2.05) is 13.8 Å². The average Bonchev–Trinajstić information content (AvgIpc) is 3.49. The number of nitrogens with one attached hydrogen (secondary N) is 3. The normalized spacial score (nSPS) is 15.4. The highest BCUT2D eigenvalue weighted by atomic mass is 16.5. The van der Waals surface area contributed by atoms with Gasteiger partial charge < -0.3 is 24.5 Å². The number of hydrogen-bond donors (Lipinski definition) is 3. The molecule has 1 aliphatic heterocycles. The quantitative estimate of drug-likeness (QED) is 0.307. The van der Waals surface area contributed by atoms with E-state index in [1.165, 1.54) is 16.6 Å². The van der Waals surface area contributed by atoms with Crippen LogP contribution >= 0.6 is 0 Å². The molecule has 3 aromatic heterocycles. The highest BCUT2D eigenvalue weighted by Gasteiger charge is 2.29. The molecule has 2 aromatic carbocycles. The van der Waals surface area contributed by atoms with E-state index in [2.05, 4.69) is 70.7 Å². The molecule has 5 aromatic rings. The Labute approximate surface area is 197 Å². The first-order chi connectivity index (χ1) is 16.5. The van der Waals surface area contributed by atoms with Crippen LogP contribution in [0.4, 0.5) is 5.82 Å². The van der Waals surface area contributed by atoms with Crippen LogP contribution in [0.5, 0.6) is 5.75 Å². The summed E-state index contributed by atoms with van der Waals surface area (Å²) in [5.74, 6) is 2.51. The van der Waals surface area contributed by atoms with Gasteiger partial charge in [0.15, 0.2) is 0 Å². The second-order valence-electron chi connectivity index (χ2n) is 8.85. The molecule has 4 heterocycles. The van der Waals surface area contributed by atoms with Gasteiger partial charge in [0, 0.05) is 38.6 Å². The molecule has 1 atom stereocenters. The van der Waals surface area contributed by atoms with Crippen molar-refractivity contribution in [3.05, 3.63) is 64.7 Å². The highest BCUT2D eigenvalue weighted by molar-refractivity contribution is 6.28. The number of methoxy groups -OCH3 is 1. The van der Waals surface area contributed by atoms with Crippen molar-refractivity contribution in [1.29, 1.82) is 0 Å². The topological polar surface area (TPSA) is 91.2 Å². The molecule has 0 radical (unpaired) electrons. The zero-order chi connectivity index (χ0) is 23.6. The molecule has 0 amide bonds. The third-order valence-electron chi connectivity index (χ3n) is 6.71. The molecule has 0 saturated heterocycles. The van der Waals surface area contributed by atoms with Gasteiger partial charge in [-0.2, -0.15) is 0 Å². The van der Waals surface area contributed by atoms with E-state index in [-0.39, 0.29) is 6.17 Å². The maximum atomic E-state index is 5.86. The number of aromatic amines is 2. The maximum Gasteiger partial charge on any atom is 0.141 e. The fraction of sp³-hybridized carbons (Fsp3) is 0.259. The van der Waals surface area contributed by atoms with Crippen molar-refractivity contribution in [3.8, 4) is 16.9 Å². The minimum absolute atomic E-state index is 0.0575. The van der Waals surface area contributed by atoms with Gasteiger partial charge in [0.25, 0.3) is 0 Å². The summed E-state index contributed by atoms with van der Waals surface area (Å²) in [5.41, 5.74) is 9.31. The summed E-state index contributed by atoms with van der Waals surface area (Å²) in [6, 6.07) is 12.7. The molecule has 0 saturated carbocycles. The molecule has 0 aliphatic carbocycles. The molecule has 6 rings (SSSR count). The zero-order valence-electron chi connectivity index (χ0n) is 20.0. The smallest absolute Gasteiger partial charge is 0.141 e. The van der Waals surface area contributed by atoms with Gasteiger partial charge in [-0.3, -0.25) is 4.99 Å². The molecule has 0 bridgehead atoms. The first kappa shape index (κ1) is 20.6. The van der Waals surface area contributed by atoms with Crippen molar-refractivity contribution in [2.24, 2.45) is 4.99 Å². The number of aliphatic imine (C=N–C) groups is 1. The van der Waals surface area contributed by atoms with Gasteiger partial charge in [0.05, 0.1) is 29.6 Å². The van der Waals surface area contributed by atoms with Gasteiger partial charge in [-0.1, -0.05) is 30.3 Å². The minimum Gasteiger partial charge on any atom is -0.496 e. The van der Waals surface area contributed by atoms with Gasteiger partial charge in [-0.15, -0.1) is 0 Å². The number of nitrogens with zero attached hydrogens (tertiary/aromatic N) is 2. The van der Waals surface area contributed by atoms with E-state index in [4.69, 9.17) is 14.3 Å². The standard InChI is InChI=1S/C27H27N5O2/c1-6-19-24(16-9-7-8-10-20(16)30-19)26-25-17-12-22(33-5)18(23-13(2)32-34-14(23)3)11-21(17)31-27(25)29-15(4)28-26/h7-12,15,29-31H,6H2,1-5H3. The Morgan fingerprint density at radius 3 is 2.56 bits per heavy atom. The molecule has 7 heteroatoms. The second-order valence-corrected chi connectivity index (χ2v) is 8.85. The van der Waals surface area contributed by atoms with E-state index in [0.29, 0.717) is 0 Å². The highest BCUT2D eigenvalue weighted by Crippen LogP contribution is 2.42. The summed E-state index contributed by atoms with van der Waals surface area (Å²) in [7, 11) is 1.70. The lowest BCUT2D eigenvalue weighted by molar-refractivity contribution is 0.393. The van der Waals surface area contributed by atoms with Crippen molar-refractivity contribution in [2.75, 3.05) is 12.4 Å². The van der Waals surface area contributed by atoms with Crippen molar-refractivity contribution in [3.63, 3.8) is 0 Å². The number of ether oxygens (including phenoxy) is 1. The predicted octanol–water partition coefficient (Wildman–Crippen LogP) is 6.10. The third kappa shape index (κ3) is 2.89. The number of anilines is 1. The lowest BCUT2D eigenvalue weighted by atomic mass is 9.94. The molecule has 0 spiro atoms. The van der Waals surface area contributed by atoms with Crippen molar-refractivity contribution < 1.29 is 9.26 Å². The summed E-state index contributed by atoms with van der Waals surface area (Å²) in [6.07, 6.45) is 0.833. The Morgan fingerprint density at radius 1 is 1.00 bits per heavy atom. The first-order valence-electron chi connectivity index (χ1n) is 11.6. The fourth-order valence-electron chi connectivity index (χ4n) is 5.23. The minimum atomic E-state index is -0.0575. The van der Waals surface area contributed by atoms with E-state index in [1.54, 1.807) is 7.11 Å². The van der Waals surface area contributed by atoms with Crippen LogP contribution in [-0.4, -0.2) is 34.1 Å². The Morgan fingerprint density at radius 2 is 1.82 bits per heavy atom. The molecule has 1 aliphatic rings. The fourth-order valence-corrected chi connectivity index (χ4v) is 5.23. The lowest BCUT2D eigenvalue weighted by Gasteiger charge is -2.21. The van der Waals surface area contributed by atoms with Crippen LogP contribution in [0.2, 0.25) is 0 Å². The van der Waals surface area contributed by atoms with Crippen LogP contribution in [0.1, 0.15) is 42.1 Å². The van der Waals surface area contributed by atoms with Crippen LogP contribution in [0.3, 0.4) is 0 Å². The van der Waals surface area contributed by atoms with E-state index >= 15 is 0 Å². The van der Waals surface area contributed by atoms with Gasteiger partial charge in [0.2, 0.25) is 0 Å². The lowest BCUT2D eigenvalue weighted by Crippen LogP contribution is -2.23. The second kappa shape index (κ2) is 7.52. The Kier molecular flexibility index (Phi) is 4.55. The summed E-state index contributed by atoms with van der Waals surface area (Å²) in [4.78, 5) is 12.3. The molecule has 1 unspecified atom stereocenters. The molecular weight excluding hydrogens is 426 g/mol. The number of aromatic nitrogens is 3. The molecular formula is C27H27N5O2. The van der Waals surface area contributed by atoms with Crippen LogP contribution < -0.4 is 10.1 Å². The number of rotatable bonds is 4. The maximum absolute atomic E-state index is 5.86. The Bertz CT molecular complexity index is 1580. The average molecular weight is 454 g/mol. The summed E-state index contributed by atoms with van der Waals surface area (Å²) in [6.45, 7) is 8.13.